The van der Waals surface area contributed by atoms with Gasteiger partial charge in [0, 0.05) is 19.6 Å². The van der Waals surface area contributed by atoms with Crippen molar-refractivity contribution >= 4 is 0 Å². The molecule has 1 unspecified atom stereocenters. The van der Waals surface area contributed by atoms with Gasteiger partial charge in [0.05, 0.1) is 0 Å². The van der Waals surface area contributed by atoms with E-state index in [0.29, 0.717) is 0 Å². The molecule has 0 spiro atoms. The van der Waals surface area contributed by atoms with Crippen molar-refractivity contribution in [3.63, 3.8) is 0 Å². The zero-order valence-corrected chi connectivity index (χ0v) is 7.01. The van der Waals surface area contributed by atoms with Crippen LogP contribution < -0.4 is 0 Å². The van der Waals surface area contributed by atoms with Gasteiger partial charge in [0.2, 0.25) is 0 Å². The first-order valence-corrected chi connectivity index (χ1v) is 4.48. The van der Waals surface area contributed by atoms with Gasteiger partial charge >= 0.3 is 0 Å². The summed E-state index contributed by atoms with van der Waals surface area (Å²) in [5, 5.41) is 0. The van der Waals surface area contributed by atoms with Crippen LogP contribution in [0.15, 0.2) is 0 Å². The fourth-order valence-electron chi connectivity index (χ4n) is 2.29. The Kier molecular flexibility index (Phi) is 1.48. The molecule has 3 fully saturated rings. The molecule has 0 N–H and O–H groups in total. The van der Waals surface area contributed by atoms with Gasteiger partial charge in [0.1, 0.15) is 0 Å². The fraction of sp³-hybridized carbons (Fsp3) is 1.00. The van der Waals surface area contributed by atoms with E-state index >= 15 is 0 Å². The van der Waals surface area contributed by atoms with Crippen molar-refractivity contribution in [2.45, 2.75) is 20.3 Å². The summed E-state index contributed by atoms with van der Waals surface area (Å²) in [7, 11) is 0. The molecule has 3 aliphatic heterocycles. The summed E-state index contributed by atoms with van der Waals surface area (Å²) in [6, 6.07) is 0. The summed E-state index contributed by atoms with van der Waals surface area (Å²) in [4.78, 5) is 2.60. The Balaban J connectivity index is 1.91. The lowest BCUT2D eigenvalue weighted by molar-refractivity contribution is -0.00437. The minimum atomic E-state index is 0.908. The predicted octanol–water partition coefficient (Wildman–Crippen LogP) is 1.59. The highest BCUT2D eigenvalue weighted by molar-refractivity contribution is 4.90. The van der Waals surface area contributed by atoms with Crippen LogP contribution in [-0.2, 0) is 0 Å². The second-order valence-corrected chi connectivity index (χ2v) is 4.32. The Bertz CT molecular complexity index is 115. The average molecular weight is 139 g/mol. The molecule has 10 heavy (non-hydrogen) atoms. The van der Waals surface area contributed by atoms with E-state index < -0.39 is 0 Å². The van der Waals surface area contributed by atoms with E-state index in [2.05, 4.69) is 18.7 Å². The first-order valence-electron chi connectivity index (χ1n) is 4.48. The Labute approximate surface area is 63.4 Å². The number of fused-ring (bicyclic) bond motifs is 2. The van der Waals surface area contributed by atoms with Gasteiger partial charge in [-0.15, -0.1) is 0 Å². The highest BCUT2D eigenvalue weighted by Gasteiger charge is 2.36. The van der Waals surface area contributed by atoms with Crippen LogP contribution in [0.4, 0.5) is 0 Å². The van der Waals surface area contributed by atoms with Crippen LogP contribution in [0, 0.1) is 17.8 Å². The maximum Gasteiger partial charge on any atom is 0.00222 e. The van der Waals surface area contributed by atoms with Gasteiger partial charge in [-0.25, -0.2) is 0 Å². The van der Waals surface area contributed by atoms with Crippen molar-refractivity contribution < 1.29 is 0 Å². The maximum atomic E-state index is 2.60. The zero-order chi connectivity index (χ0) is 7.14. The Morgan fingerprint density at radius 3 is 2.20 bits per heavy atom. The van der Waals surface area contributed by atoms with Crippen LogP contribution in [0.3, 0.4) is 0 Å². The highest BCUT2D eigenvalue weighted by Crippen LogP contribution is 2.34. The van der Waals surface area contributed by atoms with Gasteiger partial charge in [-0.1, -0.05) is 13.8 Å². The molecular weight excluding hydrogens is 122 g/mol. The van der Waals surface area contributed by atoms with Crippen molar-refractivity contribution in [3.05, 3.63) is 0 Å². The van der Waals surface area contributed by atoms with E-state index in [1.807, 2.05) is 0 Å². The van der Waals surface area contributed by atoms with Crippen LogP contribution in [0.2, 0.25) is 0 Å². The third-order valence-electron chi connectivity index (χ3n) is 3.10. The van der Waals surface area contributed by atoms with E-state index in [-0.39, 0.29) is 0 Å². The molecule has 2 bridgehead atoms. The van der Waals surface area contributed by atoms with Crippen LogP contribution in [-0.4, -0.2) is 24.5 Å². The molecule has 0 aromatic carbocycles. The van der Waals surface area contributed by atoms with Crippen molar-refractivity contribution in [3.8, 4) is 0 Å². The van der Waals surface area contributed by atoms with Crippen LogP contribution >= 0.6 is 0 Å². The molecule has 1 atom stereocenters. The molecule has 58 valence electrons. The second kappa shape index (κ2) is 2.23. The molecule has 0 aromatic heterocycles. The smallest absolute Gasteiger partial charge is 0.00222 e. The van der Waals surface area contributed by atoms with Crippen LogP contribution in [0.25, 0.3) is 0 Å². The maximum absolute atomic E-state index is 2.60. The Hall–Kier alpha value is -0.0400. The standard InChI is InChI=1S/C9H17N/c1-7(2)9-3-8-4-10(5-8)6-9/h7-9H,3-6H2,1-2H3. The molecule has 0 aromatic rings. The van der Waals surface area contributed by atoms with E-state index in [1.165, 1.54) is 26.1 Å². The summed E-state index contributed by atoms with van der Waals surface area (Å²) in [6.45, 7) is 8.91. The minimum absolute atomic E-state index is 0.908. The molecule has 3 saturated heterocycles. The SMILES string of the molecule is CC(C)C1CC2CN(C2)C1. The van der Waals surface area contributed by atoms with E-state index in [1.54, 1.807) is 0 Å². The predicted molar refractivity (Wildman–Crippen MR) is 42.9 cm³/mol. The molecule has 3 aliphatic rings. The summed E-state index contributed by atoms with van der Waals surface area (Å²) < 4.78 is 0. The Morgan fingerprint density at radius 2 is 1.90 bits per heavy atom. The molecule has 3 rings (SSSR count). The van der Waals surface area contributed by atoms with Crippen LogP contribution in [0.1, 0.15) is 20.3 Å². The van der Waals surface area contributed by atoms with Crippen molar-refractivity contribution in [2.24, 2.45) is 17.8 Å². The third-order valence-corrected chi connectivity index (χ3v) is 3.10. The number of hydrogen-bond acceptors (Lipinski definition) is 1. The van der Waals surface area contributed by atoms with E-state index in [0.717, 1.165) is 17.8 Å². The van der Waals surface area contributed by atoms with Gasteiger partial charge in [0.15, 0.2) is 0 Å². The first-order chi connectivity index (χ1) is 4.75. The van der Waals surface area contributed by atoms with Crippen molar-refractivity contribution in [1.82, 2.24) is 4.90 Å². The first kappa shape index (κ1) is 6.66. The molecule has 0 aliphatic carbocycles. The quantitative estimate of drug-likeness (QED) is 0.533. The topological polar surface area (TPSA) is 3.24 Å². The molecule has 1 heteroatoms. The normalized spacial score (nSPS) is 45.3. The molecule has 3 heterocycles. The molecule has 0 saturated carbocycles. The third kappa shape index (κ3) is 0.968. The van der Waals surface area contributed by atoms with Gasteiger partial charge in [-0.3, -0.25) is 0 Å². The second-order valence-electron chi connectivity index (χ2n) is 4.32. The van der Waals surface area contributed by atoms with Crippen molar-refractivity contribution in [2.75, 3.05) is 19.6 Å². The van der Waals surface area contributed by atoms with Gasteiger partial charge < -0.3 is 4.90 Å². The lowest BCUT2D eigenvalue weighted by Crippen LogP contribution is -2.55. The molecule has 0 radical (unpaired) electrons. The van der Waals surface area contributed by atoms with Crippen LogP contribution in [0.5, 0.6) is 0 Å². The zero-order valence-electron chi connectivity index (χ0n) is 7.01. The summed E-state index contributed by atoms with van der Waals surface area (Å²) >= 11 is 0. The van der Waals surface area contributed by atoms with Gasteiger partial charge in [-0.05, 0) is 24.2 Å². The lowest BCUT2D eigenvalue weighted by atomic mass is 9.77. The summed E-state index contributed by atoms with van der Waals surface area (Å²) in [5.41, 5.74) is 0. The van der Waals surface area contributed by atoms with Gasteiger partial charge in [-0.2, -0.15) is 0 Å². The average Bonchev–Trinajstić information content (AvgIpc) is 1.86. The van der Waals surface area contributed by atoms with Crippen molar-refractivity contribution in [1.29, 1.82) is 0 Å². The van der Waals surface area contributed by atoms with E-state index in [4.69, 9.17) is 0 Å². The molecule has 0 amide bonds. The monoisotopic (exact) mass is 139 g/mol. The number of rotatable bonds is 1. The minimum Gasteiger partial charge on any atom is -0.302 e. The largest absolute Gasteiger partial charge is 0.302 e. The number of hydrogen-bond donors (Lipinski definition) is 0. The Morgan fingerprint density at radius 1 is 1.20 bits per heavy atom. The summed E-state index contributed by atoms with van der Waals surface area (Å²) in [6.07, 6.45) is 1.51. The summed E-state index contributed by atoms with van der Waals surface area (Å²) in [5.74, 6) is 2.99. The number of piperidine rings is 2. The fourth-order valence-corrected chi connectivity index (χ4v) is 2.29. The molecular formula is C9H17N. The number of nitrogens with zero attached hydrogens (tertiary/aromatic N) is 1. The van der Waals surface area contributed by atoms with Gasteiger partial charge in [0.25, 0.3) is 0 Å². The lowest BCUT2D eigenvalue weighted by Gasteiger charge is -2.49. The molecule has 1 nitrogen and oxygen atoms in total. The van der Waals surface area contributed by atoms with E-state index in [9.17, 15) is 0 Å². The highest BCUT2D eigenvalue weighted by atomic mass is 15.2.